The van der Waals surface area contributed by atoms with Gasteiger partial charge in [0.15, 0.2) is 0 Å². The van der Waals surface area contributed by atoms with E-state index >= 15 is 0 Å². The van der Waals surface area contributed by atoms with Gasteiger partial charge in [-0.2, -0.15) is 5.10 Å². The average Bonchev–Trinajstić information content (AvgIpc) is 2.61. The predicted octanol–water partition coefficient (Wildman–Crippen LogP) is 2.30. The number of hydrogen-bond acceptors (Lipinski definition) is 2. The molecule has 1 N–H and O–H groups in total. The maximum Gasteiger partial charge on any atom is 0.0868 e. The number of nitrogens with zero attached hydrogens (tertiary/aromatic N) is 2. The molecule has 1 aliphatic rings. The van der Waals surface area contributed by atoms with Crippen molar-refractivity contribution in [2.75, 3.05) is 13.1 Å². The Morgan fingerprint density at radius 3 is 3.06 bits per heavy atom. The van der Waals surface area contributed by atoms with Gasteiger partial charge in [-0.25, -0.2) is 0 Å². The smallest absolute Gasteiger partial charge is 0.0868 e. The summed E-state index contributed by atoms with van der Waals surface area (Å²) in [5.41, 5.74) is 1.07. The highest BCUT2D eigenvalue weighted by molar-refractivity contribution is 6.35. The predicted molar refractivity (Wildman–Crippen MR) is 65.7 cm³/mol. The van der Waals surface area contributed by atoms with Crippen molar-refractivity contribution in [3.05, 3.63) is 29.4 Å². The Hall–Kier alpha value is -1.06. The molecule has 3 rings (SSSR count). The van der Waals surface area contributed by atoms with E-state index in [-0.39, 0.29) is 0 Å². The first-order chi connectivity index (χ1) is 7.84. The van der Waals surface area contributed by atoms with Crippen LogP contribution in [0.4, 0.5) is 0 Å². The number of fused-ring (bicyclic) bond motifs is 1. The Labute approximate surface area is 99.4 Å². The molecule has 1 saturated heterocycles. The maximum absolute atomic E-state index is 6.19. The van der Waals surface area contributed by atoms with E-state index in [4.69, 9.17) is 11.6 Å². The van der Waals surface area contributed by atoms with Crippen molar-refractivity contribution in [3.8, 4) is 0 Å². The fourth-order valence-electron chi connectivity index (χ4n) is 2.13. The van der Waals surface area contributed by atoms with E-state index < -0.39 is 0 Å². The third kappa shape index (κ3) is 1.70. The normalized spacial score (nSPS) is 16.6. The van der Waals surface area contributed by atoms with Crippen LogP contribution in [0.5, 0.6) is 0 Å². The molecule has 84 valence electrons. The van der Waals surface area contributed by atoms with Crippen LogP contribution < -0.4 is 5.32 Å². The molecule has 0 radical (unpaired) electrons. The summed E-state index contributed by atoms with van der Waals surface area (Å²) in [4.78, 5) is 0. The monoisotopic (exact) mass is 235 g/mol. The topological polar surface area (TPSA) is 29.9 Å². The van der Waals surface area contributed by atoms with Crippen molar-refractivity contribution in [2.24, 2.45) is 5.92 Å². The minimum absolute atomic E-state index is 0.793. The van der Waals surface area contributed by atoms with Gasteiger partial charge in [-0.05, 0) is 31.5 Å². The van der Waals surface area contributed by atoms with Gasteiger partial charge in [0.25, 0.3) is 0 Å². The van der Waals surface area contributed by atoms with Crippen molar-refractivity contribution in [2.45, 2.75) is 13.0 Å². The molecule has 0 unspecified atom stereocenters. The van der Waals surface area contributed by atoms with Crippen LogP contribution in [-0.4, -0.2) is 22.9 Å². The number of aryl methyl sites for hydroxylation is 1. The number of nitrogens with one attached hydrogen (secondary N) is 1. The van der Waals surface area contributed by atoms with Gasteiger partial charge in [0, 0.05) is 11.9 Å². The Morgan fingerprint density at radius 1 is 1.44 bits per heavy atom. The van der Waals surface area contributed by atoms with Gasteiger partial charge in [0.2, 0.25) is 0 Å². The fraction of sp³-hybridized carbons (Fsp3) is 0.417. The Balaban J connectivity index is 1.85. The Morgan fingerprint density at radius 2 is 2.31 bits per heavy atom. The van der Waals surface area contributed by atoms with Gasteiger partial charge >= 0.3 is 0 Å². The Bertz CT molecular complexity index is 502. The first-order valence-electron chi connectivity index (χ1n) is 5.65. The first-order valence-corrected chi connectivity index (χ1v) is 6.03. The molecule has 1 aliphatic heterocycles. The molecule has 16 heavy (non-hydrogen) atoms. The van der Waals surface area contributed by atoms with Gasteiger partial charge in [-0.3, -0.25) is 4.68 Å². The number of para-hydroxylation sites is 1. The summed E-state index contributed by atoms with van der Waals surface area (Å²) < 4.78 is 2.02. The lowest BCUT2D eigenvalue weighted by Gasteiger charge is -2.26. The molecule has 0 atom stereocenters. The van der Waals surface area contributed by atoms with Gasteiger partial charge in [0.1, 0.15) is 0 Å². The molecule has 0 aliphatic carbocycles. The van der Waals surface area contributed by atoms with Crippen molar-refractivity contribution in [3.63, 3.8) is 0 Å². The number of aromatic nitrogens is 2. The SMILES string of the molecule is Clc1cccc2cnn(CCC3CNC3)c12. The van der Waals surface area contributed by atoms with Crippen LogP contribution in [0.15, 0.2) is 24.4 Å². The van der Waals surface area contributed by atoms with E-state index in [1.807, 2.05) is 23.0 Å². The van der Waals surface area contributed by atoms with Gasteiger partial charge in [0.05, 0.1) is 16.7 Å². The zero-order chi connectivity index (χ0) is 11.0. The van der Waals surface area contributed by atoms with Crippen molar-refractivity contribution >= 4 is 22.5 Å². The second kappa shape index (κ2) is 4.07. The third-order valence-electron chi connectivity index (χ3n) is 3.23. The van der Waals surface area contributed by atoms with E-state index in [0.29, 0.717) is 0 Å². The lowest BCUT2D eigenvalue weighted by molar-refractivity contribution is 0.309. The summed E-state index contributed by atoms with van der Waals surface area (Å²) in [6, 6.07) is 5.94. The van der Waals surface area contributed by atoms with Gasteiger partial charge < -0.3 is 5.32 Å². The highest BCUT2D eigenvalue weighted by Gasteiger charge is 2.17. The van der Waals surface area contributed by atoms with Crippen LogP contribution in [0.1, 0.15) is 6.42 Å². The fourth-order valence-corrected chi connectivity index (χ4v) is 2.40. The van der Waals surface area contributed by atoms with Crippen LogP contribution >= 0.6 is 11.6 Å². The molecule has 0 amide bonds. The second-order valence-electron chi connectivity index (χ2n) is 4.36. The molecule has 0 spiro atoms. The number of rotatable bonds is 3. The van der Waals surface area contributed by atoms with Crippen LogP contribution in [0.3, 0.4) is 0 Å². The highest BCUT2D eigenvalue weighted by Crippen LogP contribution is 2.23. The number of halogens is 1. The molecule has 1 aromatic heterocycles. The van der Waals surface area contributed by atoms with Crippen LogP contribution in [-0.2, 0) is 6.54 Å². The van der Waals surface area contributed by atoms with E-state index in [0.717, 1.165) is 41.5 Å². The van der Waals surface area contributed by atoms with Crippen LogP contribution in [0, 0.1) is 5.92 Å². The van der Waals surface area contributed by atoms with Gasteiger partial charge in [-0.15, -0.1) is 0 Å². The maximum atomic E-state index is 6.19. The summed E-state index contributed by atoms with van der Waals surface area (Å²) in [7, 11) is 0. The molecule has 1 fully saturated rings. The van der Waals surface area contributed by atoms with Gasteiger partial charge in [-0.1, -0.05) is 23.7 Å². The molecular weight excluding hydrogens is 222 g/mol. The van der Waals surface area contributed by atoms with E-state index in [1.165, 1.54) is 6.42 Å². The molecule has 0 bridgehead atoms. The summed E-state index contributed by atoms with van der Waals surface area (Å²) in [5, 5.41) is 9.60. The lowest BCUT2D eigenvalue weighted by atomic mass is 10.00. The molecule has 2 aromatic rings. The number of benzene rings is 1. The molecule has 0 saturated carbocycles. The third-order valence-corrected chi connectivity index (χ3v) is 3.53. The zero-order valence-corrected chi connectivity index (χ0v) is 9.74. The minimum atomic E-state index is 0.793. The van der Waals surface area contributed by atoms with Crippen molar-refractivity contribution < 1.29 is 0 Å². The summed E-state index contributed by atoms with van der Waals surface area (Å²) in [5.74, 6) is 0.807. The molecule has 4 heteroatoms. The molecular formula is C12H14ClN3. The molecule has 1 aromatic carbocycles. The number of hydrogen-bond donors (Lipinski definition) is 1. The second-order valence-corrected chi connectivity index (χ2v) is 4.77. The van der Waals surface area contributed by atoms with Crippen LogP contribution in [0.25, 0.3) is 10.9 Å². The standard InChI is InChI=1S/C12H14ClN3/c13-11-3-1-2-10-8-15-16(12(10)11)5-4-9-6-14-7-9/h1-3,8-9,14H,4-7H2. The largest absolute Gasteiger partial charge is 0.316 e. The zero-order valence-electron chi connectivity index (χ0n) is 8.99. The van der Waals surface area contributed by atoms with Crippen LogP contribution in [0.2, 0.25) is 5.02 Å². The summed E-state index contributed by atoms with van der Waals surface area (Å²) in [6.45, 7) is 3.25. The quantitative estimate of drug-likeness (QED) is 0.885. The van der Waals surface area contributed by atoms with E-state index in [1.54, 1.807) is 0 Å². The minimum Gasteiger partial charge on any atom is -0.316 e. The van der Waals surface area contributed by atoms with Crippen molar-refractivity contribution in [1.29, 1.82) is 0 Å². The van der Waals surface area contributed by atoms with E-state index in [9.17, 15) is 0 Å². The summed E-state index contributed by atoms with van der Waals surface area (Å²) >= 11 is 6.19. The lowest BCUT2D eigenvalue weighted by Crippen LogP contribution is -2.42. The van der Waals surface area contributed by atoms with E-state index in [2.05, 4.69) is 16.5 Å². The van der Waals surface area contributed by atoms with Crippen molar-refractivity contribution in [1.82, 2.24) is 15.1 Å². The highest BCUT2D eigenvalue weighted by atomic mass is 35.5. The summed E-state index contributed by atoms with van der Waals surface area (Å²) in [6.07, 6.45) is 3.06. The molecule has 2 heterocycles. The average molecular weight is 236 g/mol. The Kier molecular flexibility index (Phi) is 2.58. The molecule has 3 nitrogen and oxygen atoms in total. The first kappa shape index (κ1) is 10.1.